The van der Waals surface area contributed by atoms with Crippen molar-refractivity contribution in [3.05, 3.63) is 83.2 Å². The van der Waals surface area contributed by atoms with Gasteiger partial charge in [-0.25, -0.2) is 4.98 Å². The van der Waals surface area contributed by atoms with Crippen molar-refractivity contribution >= 4 is 34.7 Å². The normalized spacial score (nSPS) is 22.6. The third kappa shape index (κ3) is 9.89. The lowest BCUT2D eigenvalue weighted by molar-refractivity contribution is -0.141. The third-order valence-electron chi connectivity index (χ3n) is 13.7. The van der Waals surface area contributed by atoms with Gasteiger partial charge in [0.2, 0.25) is 11.8 Å². The predicted octanol–water partition coefficient (Wildman–Crippen LogP) is 5.94. The number of aromatic nitrogens is 4. The maximum absolute atomic E-state index is 14.3. The zero-order chi connectivity index (χ0) is 46.1. The van der Waals surface area contributed by atoms with Crippen molar-refractivity contribution in [2.45, 2.75) is 90.1 Å². The number of aliphatic hydroxyl groups excluding tert-OH is 1. The van der Waals surface area contributed by atoms with E-state index in [0.29, 0.717) is 34.9 Å². The zero-order valence-electron chi connectivity index (χ0n) is 38.5. The van der Waals surface area contributed by atoms with Gasteiger partial charge in [-0.05, 0) is 86.5 Å². The topological polar surface area (TPSA) is 186 Å². The summed E-state index contributed by atoms with van der Waals surface area (Å²) in [5.41, 5.74) is 7.21. The molecule has 16 nitrogen and oxygen atoms in total. The van der Waals surface area contributed by atoms with Crippen molar-refractivity contribution in [1.82, 2.24) is 40.4 Å². The Balaban J connectivity index is 0.764. The molecule has 350 valence electrons. The summed E-state index contributed by atoms with van der Waals surface area (Å²) in [4.78, 5) is 42.6. The van der Waals surface area contributed by atoms with E-state index in [1.54, 1.807) is 23.5 Å². The van der Waals surface area contributed by atoms with E-state index in [9.17, 15) is 19.8 Å². The largest absolute Gasteiger partial charge is 0.507 e. The number of likely N-dealkylation sites (tertiary alicyclic amines) is 2. The summed E-state index contributed by atoms with van der Waals surface area (Å²) in [5.74, 6) is 0.744. The van der Waals surface area contributed by atoms with E-state index in [4.69, 9.17) is 9.26 Å². The lowest BCUT2D eigenvalue weighted by Crippen LogP contribution is -2.59. The van der Waals surface area contributed by atoms with Gasteiger partial charge in [-0.1, -0.05) is 50.2 Å². The van der Waals surface area contributed by atoms with Crippen molar-refractivity contribution in [1.29, 1.82) is 0 Å². The number of hydrogen-bond donors (Lipinski definition) is 4. The zero-order valence-corrected chi connectivity index (χ0v) is 39.3. The van der Waals surface area contributed by atoms with Crippen LogP contribution in [0.2, 0.25) is 0 Å². The van der Waals surface area contributed by atoms with E-state index in [-0.39, 0.29) is 48.6 Å². The highest BCUT2D eigenvalue weighted by Crippen LogP contribution is 2.37. The molecule has 0 radical (unpaired) electrons. The summed E-state index contributed by atoms with van der Waals surface area (Å²) in [6, 6.07) is 18.2. The Morgan fingerprint density at radius 2 is 1.82 bits per heavy atom. The molecule has 7 atom stereocenters. The molecule has 0 spiro atoms. The molecule has 3 saturated heterocycles. The maximum Gasteiger partial charge on any atom is 0.254 e. The van der Waals surface area contributed by atoms with Gasteiger partial charge in [0.15, 0.2) is 11.6 Å². The number of piperazine rings is 1. The van der Waals surface area contributed by atoms with Gasteiger partial charge in [-0.15, -0.1) is 21.5 Å². The van der Waals surface area contributed by atoms with Crippen LogP contribution in [0.15, 0.2) is 70.7 Å². The number of phenols is 1. The van der Waals surface area contributed by atoms with E-state index in [0.717, 1.165) is 92.0 Å². The van der Waals surface area contributed by atoms with Crippen LogP contribution in [0.1, 0.15) is 75.9 Å². The number of anilines is 2. The molecule has 4 aliphatic rings. The number of thiazole rings is 1. The van der Waals surface area contributed by atoms with E-state index in [1.807, 2.05) is 88.7 Å². The van der Waals surface area contributed by atoms with Crippen LogP contribution in [0.5, 0.6) is 11.6 Å². The molecule has 5 aromatic rings. The Morgan fingerprint density at radius 1 is 1.00 bits per heavy atom. The van der Waals surface area contributed by atoms with Crippen molar-refractivity contribution in [3.8, 4) is 33.3 Å². The minimum Gasteiger partial charge on any atom is -0.507 e. The Bertz CT molecular complexity index is 2480. The quantitative estimate of drug-likeness (QED) is 0.103. The molecule has 17 heteroatoms. The minimum absolute atomic E-state index is 0.0592. The number of aryl methyl sites for hydroxylation is 1. The predicted molar refractivity (Wildman–Crippen MR) is 254 cm³/mol. The van der Waals surface area contributed by atoms with Gasteiger partial charge in [-0.2, -0.15) is 0 Å². The first-order valence-electron chi connectivity index (χ1n) is 23.4. The van der Waals surface area contributed by atoms with Crippen molar-refractivity contribution < 1.29 is 29.1 Å². The monoisotopic (exact) mass is 918 g/mol. The molecule has 3 fully saturated rings. The summed E-state index contributed by atoms with van der Waals surface area (Å²) in [6.07, 6.45) is 1.47. The van der Waals surface area contributed by atoms with E-state index in [1.165, 1.54) is 11.3 Å². The molecule has 4 N–H and O–H groups in total. The molecule has 0 saturated carbocycles. The lowest BCUT2D eigenvalue weighted by Gasteiger charge is -2.47. The number of piperidine rings is 1. The average molecular weight is 919 g/mol. The first-order chi connectivity index (χ1) is 31.9. The van der Waals surface area contributed by atoms with Crippen molar-refractivity contribution in [2.24, 2.45) is 11.8 Å². The summed E-state index contributed by atoms with van der Waals surface area (Å²) in [7, 11) is 0. The van der Waals surface area contributed by atoms with E-state index >= 15 is 0 Å². The van der Waals surface area contributed by atoms with Gasteiger partial charge in [-0.3, -0.25) is 19.4 Å². The first-order valence-corrected chi connectivity index (χ1v) is 24.3. The lowest BCUT2D eigenvalue weighted by atomic mass is 9.91. The maximum atomic E-state index is 14.3. The molecule has 3 aromatic heterocycles. The number of aliphatic hydroxyl groups is 1. The molecule has 7 heterocycles. The van der Waals surface area contributed by atoms with Crippen LogP contribution in [0, 0.1) is 18.8 Å². The Hall–Kier alpha value is -5.62. The highest BCUT2D eigenvalue weighted by Gasteiger charge is 2.44. The second-order valence-corrected chi connectivity index (χ2v) is 19.8. The molecule has 2 amide bonds. The number of hydrogen-bond acceptors (Lipinski definition) is 15. The molecule has 66 heavy (non-hydrogen) atoms. The van der Waals surface area contributed by atoms with Gasteiger partial charge in [0.25, 0.3) is 5.88 Å². The number of β-amino-alcohol motifs (C(OH)–C–C–N with tert-alkyl or cyclic N) is 1. The SMILES string of the molecule is Cc1ncsc1-c1ccc([C@H](C)NC(=O)[C@@H]2C[C@@H](O)CN2C(=O)[C@@H](c2cc(O[C@@H](C)CN3CCC[C@H](CN4CCN5c6cc(-c7ccccc7O)nnc6NC[C@H]5C4)C3)no2)C(C)C)cc1. The second-order valence-electron chi connectivity index (χ2n) is 19.0. The van der Waals surface area contributed by atoms with Crippen LogP contribution in [-0.2, 0) is 9.59 Å². The molecular formula is C49H62N10O6S. The van der Waals surface area contributed by atoms with Crippen molar-refractivity contribution in [2.75, 3.05) is 69.1 Å². The molecule has 0 bridgehead atoms. The molecule has 2 aromatic carbocycles. The number of nitrogens with one attached hydrogen (secondary N) is 2. The van der Waals surface area contributed by atoms with Gasteiger partial charge >= 0.3 is 0 Å². The number of carbonyl (C=O) groups is 2. The Kier molecular flexibility index (Phi) is 13.6. The van der Waals surface area contributed by atoms with Gasteiger partial charge < -0.3 is 39.9 Å². The average Bonchev–Trinajstić information content (AvgIpc) is 4.06. The van der Waals surface area contributed by atoms with Crippen molar-refractivity contribution in [3.63, 3.8) is 0 Å². The number of aromatic hydroxyl groups is 1. The number of rotatable bonds is 14. The number of nitrogens with zero attached hydrogens (tertiary/aromatic N) is 8. The molecule has 4 aliphatic heterocycles. The van der Waals surface area contributed by atoms with Crippen LogP contribution < -0.4 is 20.3 Å². The van der Waals surface area contributed by atoms with Crippen LogP contribution in [0.3, 0.4) is 0 Å². The standard InChI is InChI=1S/C49H62N10O6S/c1-29(2)45(49(63)59-27-37(60)19-41(59)48(62)52-31(4)34-12-14-35(15-13-34)46-32(5)51-28-66-46)43-21-44(55-65-43)64-30(3)23-56-16-8-9-33(24-56)25-57-17-18-58-36(26-57)22-50-47-40(58)20-39(53-54-47)38-10-6-7-11-42(38)61/h6-7,10-15,20-21,28-31,33,36-37,41,45,60-61H,8-9,16-19,22-27H2,1-5H3,(H,50,54)(H,52,62)/t30-,31-,33-,36-,37+,41-,45+/m0/s1. The third-order valence-corrected chi connectivity index (χ3v) is 14.7. The summed E-state index contributed by atoms with van der Waals surface area (Å²) >= 11 is 1.59. The highest BCUT2D eigenvalue weighted by atomic mass is 32.1. The van der Waals surface area contributed by atoms with Gasteiger partial charge in [0.05, 0.1) is 45.7 Å². The molecule has 0 aliphatic carbocycles. The number of benzene rings is 2. The van der Waals surface area contributed by atoms with Crippen LogP contribution in [0.4, 0.5) is 11.5 Å². The number of ether oxygens (including phenoxy) is 1. The first kappa shape index (κ1) is 45.5. The van der Waals surface area contributed by atoms with Crippen LogP contribution in [-0.4, -0.2) is 140 Å². The van der Waals surface area contributed by atoms with E-state index < -0.39 is 18.1 Å². The van der Waals surface area contributed by atoms with Crippen LogP contribution in [0.25, 0.3) is 21.7 Å². The smallest absolute Gasteiger partial charge is 0.254 e. The number of para-hydroxylation sites is 1. The Labute approximate surface area is 390 Å². The number of carbonyl (C=O) groups excluding carboxylic acids is 2. The fraction of sp³-hybridized carbons (Fsp3) is 0.510. The molecule has 0 unspecified atom stereocenters. The minimum atomic E-state index is -0.824. The number of amides is 2. The summed E-state index contributed by atoms with van der Waals surface area (Å²) < 4.78 is 12.1. The number of fused-ring (bicyclic) bond motifs is 3. The fourth-order valence-electron chi connectivity index (χ4n) is 10.4. The summed E-state index contributed by atoms with van der Waals surface area (Å²) in [5, 5.41) is 40.9. The number of phenolic OH excluding ortho intramolecular Hbond substituents is 1. The summed E-state index contributed by atoms with van der Waals surface area (Å²) in [6.45, 7) is 17.3. The molecule has 9 rings (SSSR count). The highest BCUT2D eigenvalue weighted by molar-refractivity contribution is 7.13. The molecular weight excluding hydrogens is 857 g/mol. The van der Waals surface area contributed by atoms with Gasteiger partial charge in [0.1, 0.15) is 23.8 Å². The van der Waals surface area contributed by atoms with E-state index in [2.05, 4.69) is 45.7 Å². The van der Waals surface area contributed by atoms with Crippen LogP contribution >= 0.6 is 11.3 Å². The second kappa shape index (κ2) is 19.7. The van der Waals surface area contributed by atoms with Gasteiger partial charge in [0, 0.05) is 70.4 Å². The fourth-order valence-corrected chi connectivity index (χ4v) is 11.2. The Morgan fingerprint density at radius 3 is 2.59 bits per heavy atom.